The molecule has 2 N–H and O–H groups in total. The topological polar surface area (TPSA) is 40.5 Å². The first-order valence-corrected chi connectivity index (χ1v) is 4.72. The van der Waals surface area contributed by atoms with Crippen molar-refractivity contribution in [1.29, 1.82) is 0 Å². The van der Waals surface area contributed by atoms with E-state index in [1.807, 2.05) is 30.3 Å². The Bertz CT molecular complexity index is 282. The zero-order valence-corrected chi connectivity index (χ0v) is 8.19. The molecule has 1 atom stereocenters. The van der Waals surface area contributed by atoms with Crippen LogP contribution in [-0.4, -0.2) is 16.8 Å². The van der Waals surface area contributed by atoms with Crippen molar-refractivity contribution < 1.29 is 10.2 Å². The van der Waals surface area contributed by atoms with Gasteiger partial charge in [-0.2, -0.15) is 0 Å². The molecule has 1 aromatic carbocycles. The minimum atomic E-state index is -0.974. The lowest BCUT2D eigenvalue weighted by Crippen LogP contribution is -2.26. The molecule has 0 heterocycles. The molecule has 0 amide bonds. The summed E-state index contributed by atoms with van der Waals surface area (Å²) in [6, 6.07) is 9.37. The Morgan fingerprint density at radius 1 is 1.29 bits per heavy atom. The van der Waals surface area contributed by atoms with Crippen molar-refractivity contribution in [2.24, 2.45) is 0 Å². The molecule has 0 aliphatic carbocycles. The molecule has 0 spiro atoms. The first-order valence-electron chi connectivity index (χ1n) is 4.72. The predicted octanol–water partition coefficient (Wildman–Crippen LogP) is 1.83. The maximum absolute atomic E-state index is 10.3. The van der Waals surface area contributed by atoms with Crippen LogP contribution >= 0.6 is 0 Å². The Kier molecular flexibility index (Phi) is 3.86. The maximum atomic E-state index is 10.3. The minimum Gasteiger partial charge on any atom is -0.396 e. The Balaban J connectivity index is 2.92. The van der Waals surface area contributed by atoms with Gasteiger partial charge in [-0.3, -0.25) is 0 Å². The van der Waals surface area contributed by atoms with E-state index in [0.29, 0.717) is 12.8 Å². The Morgan fingerprint density at radius 2 is 1.93 bits per heavy atom. The van der Waals surface area contributed by atoms with Crippen LogP contribution in [0.5, 0.6) is 0 Å². The van der Waals surface area contributed by atoms with Crippen molar-refractivity contribution >= 4 is 0 Å². The largest absolute Gasteiger partial charge is 0.396 e. The van der Waals surface area contributed by atoms with E-state index in [9.17, 15) is 5.11 Å². The molecule has 14 heavy (non-hydrogen) atoms. The highest BCUT2D eigenvalue weighted by Crippen LogP contribution is 2.28. The normalized spacial score (nSPS) is 14.7. The molecule has 0 aliphatic rings. The fourth-order valence-corrected chi connectivity index (χ4v) is 1.54. The average Bonchev–Trinajstić information content (AvgIpc) is 2.20. The van der Waals surface area contributed by atoms with E-state index < -0.39 is 5.60 Å². The molecule has 0 fully saturated rings. The molecule has 2 heteroatoms. The summed E-state index contributed by atoms with van der Waals surface area (Å²) in [5.41, 5.74) is -0.147. The third-order valence-electron chi connectivity index (χ3n) is 2.32. The molecule has 2 nitrogen and oxygen atoms in total. The lowest BCUT2D eigenvalue weighted by molar-refractivity contribution is 0.0143. The highest BCUT2D eigenvalue weighted by molar-refractivity contribution is 5.23. The van der Waals surface area contributed by atoms with Crippen LogP contribution in [0.2, 0.25) is 0 Å². The van der Waals surface area contributed by atoms with E-state index in [-0.39, 0.29) is 6.61 Å². The van der Waals surface area contributed by atoms with Crippen molar-refractivity contribution in [2.45, 2.75) is 18.4 Å². The van der Waals surface area contributed by atoms with Gasteiger partial charge >= 0.3 is 0 Å². The van der Waals surface area contributed by atoms with Gasteiger partial charge in [0.15, 0.2) is 0 Å². The summed E-state index contributed by atoms with van der Waals surface area (Å²) >= 11 is 0. The monoisotopic (exact) mass is 192 g/mol. The van der Waals surface area contributed by atoms with E-state index in [4.69, 9.17) is 5.11 Å². The van der Waals surface area contributed by atoms with Gasteiger partial charge in [-0.1, -0.05) is 36.4 Å². The number of aliphatic hydroxyl groups is 2. The van der Waals surface area contributed by atoms with Crippen molar-refractivity contribution in [3.63, 3.8) is 0 Å². The van der Waals surface area contributed by atoms with Gasteiger partial charge in [0, 0.05) is 13.0 Å². The molecule has 0 aromatic heterocycles. The second-order valence-corrected chi connectivity index (χ2v) is 3.36. The summed E-state index contributed by atoms with van der Waals surface area (Å²) in [6.07, 6.45) is 2.46. The second-order valence-electron chi connectivity index (χ2n) is 3.36. The van der Waals surface area contributed by atoms with Crippen LogP contribution in [-0.2, 0) is 5.60 Å². The molecule has 0 bridgehead atoms. The third kappa shape index (κ3) is 2.44. The Hall–Kier alpha value is -1.12. The van der Waals surface area contributed by atoms with E-state index in [2.05, 4.69) is 6.58 Å². The fourth-order valence-electron chi connectivity index (χ4n) is 1.54. The van der Waals surface area contributed by atoms with Crippen molar-refractivity contribution in [2.75, 3.05) is 6.61 Å². The summed E-state index contributed by atoms with van der Waals surface area (Å²) in [5, 5.41) is 19.1. The lowest BCUT2D eigenvalue weighted by Gasteiger charge is -2.26. The molecule has 1 aromatic rings. The van der Waals surface area contributed by atoms with Crippen LogP contribution in [0, 0.1) is 0 Å². The van der Waals surface area contributed by atoms with Crippen molar-refractivity contribution in [3.05, 3.63) is 48.6 Å². The summed E-state index contributed by atoms with van der Waals surface area (Å²) in [4.78, 5) is 0. The zero-order chi connectivity index (χ0) is 10.4. The minimum absolute atomic E-state index is 0.0285. The van der Waals surface area contributed by atoms with Gasteiger partial charge in [0.1, 0.15) is 0 Å². The standard InChI is InChI=1S/C12H16O2/c1-2-8-12(14,9-10-13)11-6-4-3-5-7-11/h2-7,13-14H,1,8-10H2. The zero-order valence-electron chi connectivity index (χ0n) is 8.19. The number of aliphatic hydroxyl groups excluding tert-OH is 1. The van der Waals surface area contributed by atoms with E-state index in [1.165, 1.54) is 0 Å². The number of hydrogen-bond acceptors (Lipinski definition) is 2. The molecule has 0 saturated heterocycles. The fraction of sp³-hybridized carbons (Fsp3) is 0.333. The maximum Gasteiger partial charge on any atom is 0.0952 e. The van der Waals surface area contributed by atoms with Gasteiger partial charge in [-0.05, 0) is 12.0 Å². The molecular formula is C12H16O2. The van der Waals surface area contributed by atoms with Crippen LogP contribution in [0.15, 0.2) is 43.0 Å². The third-order valence-corrected chi connectivity index (χ3v) is 2.32. The first-order chi connectivity index (χ1) is 6.73. The second kappa shape index (κ2) is 4.94. The number of hydrogen-bond donors (Lipinski definition) is 2. The van der Waals surface area contributed by atoms with Crippen LogP contribution < -0.4 is 0 Å². The Labute approximate surface area is 84.5 Å². The smallest absolute Gasteiger partial charge is 0.0952 e. The van der Waals surface area contributed by atoms with Gasteiger partial charge in [-0.15, -0.1) is 6.58 Å². The van der Waals surface area contributed by atoms with Gasteiger partial charge in [0.25, 0.3) is 0 Å². The van der Waals surface area contributed by atoms with E-state index in [0.717, 1.165) is 5.56 Å². The highest BCUT2D eigenvalue weighted by Gasteiger charge is 2.26. The molecule has 1 unspecified atom stereocenters. The van der Waals surface area contributed by atoms with Crippen LogP contribution in [0.4, 0.5) is 0 Å². The highest BCUT2D eigenvalue weighted by atomic mass is 16.3. The van der Waals surface area contributed by atoms with Gasteiger partial charge in [0.05, 0.1) is 5.60 Å². The number of benzene rings is 1. The van der Waals surface area contributed by atoms with Gasteiger partial charge in [0.2, 0.25) is 0 Å². The SMILES string of the molecule is C=CCC(O)(CCO)c1ccccc1. The molecule has 1 rings (SSSR count). The molecular weight excluding hydrogens is 176 g/mol. The quantitative estimate of drug-likeness (QED) is 0.699. The van der Waals surface area contributed by atoms with Gasteiger partial charge in [-0.25, -0.2) is 0 Å². The van der Waals surface area contributed by atoms with Crippen LogP contribution in [0.1, 0.15) is 18.4 Å². The molecule has 0 aliphatic heterocycles. The lowest BCUT2D eigenvalue weighted by atomic mass is 9.88. The van der Waals surface area contributed by atoms with E-state index >= 15 is 0 Å². The predicted molar refractivity (Wildman–Crippen MR) is 56.9 cm³/mol. The van der Waals surface area contributed by atoms with E-state index in [1.54, 1.807) is 6.08 Å². The first kappa shape index (κ1) is 11.0. The average molecular weight is 192 g/mol. The molecule has 0 saturated carbocycles. The summed E-state index contributed by atoms with van der Waals surface area (Å²) in [5.74, 6) is 0. The van der Waals surface area contributed by atoms with Crippen LogP contribution in [0.3, 0.4) is 0 Å². The Morgan fingerprint density at radius 3 is 2.43 bits per heavy atom. The molecule has 76 valence electrons. The van der Waals surface area contributed by atoms with Crippen LogP contribution in [0.25, 0.3) is 0 Å². The van der Waals surface area contributed by atoms with Gasteiger partial charge < -0.3 is 10.2 Å². The summed E-state index contributed by atoms with van der Waals surface area (Å²) in [6.45, 7) is 3.58. The number of rotatable bonds is 5. The van der Waals surface area contributed by atoms with Crippen molar-refractivity contribution in [1.82, 2.24) is 0 Å². The summed E-state index contributed by atoms with van der Waals surface area (Å²) < 4.78 is 0. The van der Waals surface area contributed by atoms with Crippen molar-refractivity contribution in [3.8, 4) is 0 Å². The molecule has 0 radical (unpaired) electrons. The summed E-state index contributed by atoms with van der Waals surface area (Å²) in [7, 11) is 0.